The summed E-state index contributed by atoms with van der Waals surface area (Å²) >= 11 is 0. The number of hydrogen-bond donors (Lipinski definition) is 0. The molecule has 0 spiro atoms. The summed E-state index contributed by atoms with van der Waals surface area (Å²) in [6.45, 7) is 0. The summed E-state index contributed by atoms with van der Waals surface area (Å²) in [5, 5.41) is 15.1. The minimum Gasteiger partial charge on any atom is -0.198 e. The first kappa shape index (κ1) is 10.2. The van der Waals surface area contributed by atoms with E-state index in [1.807, 2.05) is 0 Å². The van der Waals surface area contributed by atoms with E-state index in [2.05, 4.69) is 0 Å². The number of halogens is 2. The van der Waals surface area contributed by atoms with E-state index in [1.54, 1.807) is 6.07 Å². The summed E-state index contributed by atoms with van der Waals surface area (Å²) in [5.74, 6) is 0. The molecule has 0 fully saturated rings. The maximum Gasteiger partial charge on any atom is 0.130 e. The molecule has 5 heteroatoms. The Labute approximate surface area is 66.3 Å². The quantitative estimate of drug-likeness (QED) is 0.666. The van der Waals surface area contributed by atoms with Crippen LogP contribution in [0.3, 0.4) is 0 Å². The summed E-state index contributed by atoms with van der Waals surface area (Å²) in [4.78, 5) is 0. The van der Waals surface area contributed by atoms with Gasteiger partial charge in [0.05, 0.1) is 22.9 Å². The van der Waals surface area contributed by atoms with Gasteiger partial charge in [0, 0.05) is 12.7 Å². The first-order valence-corrected chi connectivity index (χ1v) is 4.86. The van der Waals surface area contributed by atoms with Crippen LogP contribution >= 0.6 is 10.8 Å². The molecule has 0 rings (SSSR count). The molecule has 0 aromatic heterocycles. The van der Waals surface area contributed by atoms with Gasteiger partial charge < -0.3 is 0 Å². The number of nitriles is 2. The average Bonchev–Trinajstić information content (AvgIpc) is 1.87. The number of nitrogens with zero attached hydrogens (tertiary/aromatic N) is 2. The molecule has 0 aliphatic heterocycles. The first-order chi connectivity index (χ1) is 5.02. The number of hydrogen-bond acceptors (Lipinski definition) is 2. The van der Waals surface area contributed by atoms with Crippen molar-refractivity contribution < 1.29 is 7.77 Å². The second kappa shape index (κ2) is 4.15. The van der Waals surface area contributed by atoms with Gasteiger partial charge in [-0.05, 0) is 6.42 Å². The second-order valence-corrected chi connectivity index (χ2v) is 4.23. The highest BCUT2D eigenvalue weighted by Crippen LogP contribution is 2.53. The molecule has 0 aliphatic carbocycles. The predicted molar refractivity (Wildman–Crippen MR) is 40.0 cm³/mol. The van der Waals surface area contributed by atoms with Gasteiger partial charge in [0.15, 0.2) is 0 Å². The lowest BCUT2D eigenvalue weighted by Crippen LogP contribution is -2.07. The molecule has 0 bridgehead atoms. The minimum absolute atomic E-state index is 0.0220. The molecular formula is C6H8F2N2S. The Morgan fingerprint density at radius 3 is 2.27 bits per heavy atom. The highest BCUT2D eigenvalue weighted by molar-refractivity contribution is 8.25. The Kier molecular flexibility index (Phi) is 3.84. The third-order valence-corrected chi connectivity index (χ3v) is 2.50. The van der Waals surface area contributed by atoms with Gasteiger partial charge in [-0.3, -0.25) is 0 Å². The molecule has 0 radical (unpaired) electrons. The van der Waals surface area contributed by atoms with E-state index in [0.717, 1.165) is 6.26 Å². The predicted octanol–water partition coefficient (Wildman–Crippen LogP) is 2.39. The van der Waals surface area contributed by atoms with Crippen LogP contribution in [0.15, 0.2) is 0 Å². The van der Waals surface area contributed by atoms with Gasteiger partial charge in [-0.2, -0.15) is 18.3 Å². The Hall–Kier alpha value is -0.810. The molecule has 62 valence electrons. The van der Waals surface area contributed by atoms with E-state index in [1.165, 1.54) is 6.07 Å². The summed E-state index contributed by atoms with van der Waals surface area (Å²) in [6, 6.07) is 3.25. The maximum atomic E-state index is 12.5. The van der Waals surface area contributed by atoms with Gasteiger partial charge in [0.1, 0.15) is 5.25 Å². The summed E-state index contributed by atoms with van der Waals surface area (Å²) in [7, 11) is -3.80. The Morgan fingerprint density at radius 2 is 2.00 bits per heavy atom. The van der Waals surface area contributed by atoms with Crippen LogP contribution in [-0.2, 0) is 0 Å². The van der Waals surface area contributed by atoms with Crippen molar-refractivity contribution in [3.8, 4) is 12.1 Å². The SMILES string of the molecule is CS(F)(F)C(C#N)CCC#N. The molecule has 0 saturated heterocycles. The van der Waals surface area contributed by atoms with Crippen molar-refractivity contribution in [2.45, 2.75) is 18.1 Å². The molecule has 0 heterocycles. The Morgan fingerprint density at radius 1 is 1.45 bits per heavy atom. The highest BCUT2D eigenvalue weighted by Gasteiger charge is 2.28. The minimum atomic E-state index is -3.80. The topological polar surface area (TPSA) is 47.6 Å². The van der Waals surface area contributed by atoms with E-state index in [0.29, 0.717) is 0 Å². The van der Waals surface area contributed by atoms with Crippen LogP contribution < -0.4 is 0 Å². The molecule has 11 heavy (non-hydrogen) atoms. The van der Waals surface area contributed by atoms with Gasteiger partial charge in [0.2, 0.25) is 0 Å². The van der Waals surface area contributed by atoms with E-state index >= 15 is 0 Å². The van der Waals surface area contributed by atoms with Crippen LogP contribution in [0.2, 0.25) is 0 Å². The molecule has 1 atom stereocenters. The zero-order valence-corrected chi connectivity index (χ0v) is 6.87. The second-order valence-electron chi connectivity index (χ2n) is 2.10. The summed E-state index contributed by atoms with van der Waals surface area (Å²) in [6.07, 6.45) is 0.777. The lowest BCUT2D eigenvalue weighted by atomic mass is 10.3. The normalized spacial score (nSPS) is 14.6. The van der Waals surface area contributed by atoms with Crippen molar-refractivity contribution >= 4 is 10.8 Å². The lowest BCUT2D eigenvalue weighted by molar-refractivity contribution is 0.714. The monoisotopic (exact) mass is 178 g/mol. The van der Waals surface area contributed by atoms with Crippen molar-refractivity contribution in [1.82, 2.24) is 0 Å². The first-order valence-electron chi connectivity index (χ1n) is 2.95. The van der Waals surface area contributed by atoms with E-state index in [9.17, 15) is 7.77 Å². The van der Waals surface area contributed by atoms with Crippen LogP contribution in [0.4, 0.5) is 7.77 Å². The van der Waals surface area contributed by atoms with E-state index < -0.39 is 16.0 Å². The van der Waals surface area contributed by atoms with Gasteiger partial charge in [-0.15, -0.1) is 0 Å². The molecule has 1 unspecified atom stereocenters. The molecule has 0 amide bonds. The van der Waals surface area contributed by atoms with Gasteiger partial charge in [-0.1, -0.05) is 0 Å². The van der Waals surface area contributed by atoms with Gasteiger partial charge in [-0.25, -0.2) is 0 Å². The fourth-order valence-corrected chi connectivity index (χ4v) is 1.28. The fourth-order valence-electron chi connectivity index (χ4n) is 0.560. The lowest BCUT2D eigenvalue weighted by Gasteiger charge is -2.19. The highest BCUT2D eigenvalue weighted by atomic mass is 32.3. The summed E-state index contributed by atoms with van der Waals surface area (Å²) in [5.41, 5.74) is 0. The average molecular weight is 178 g/mol. The largest absolute Gasteiger partial charge is 0.198 e. The van der Waals surface area contributed by atoms with Crippen LogP contribution in [0.1, 0.15) is 12.8 Å². The van der Waals surface area contributed by atoms with Gasteiger partial charge in [0.25, 0.3) is 0 Å². The van der Waals surface area contributed by atoms with Crippen molar-refractivity contribution in [3.63, 3.8) is 0 Å². The molecular weight excluding hydrogens is 170 g/mol. The number of rotatable bonds is 3. The van der Waals surface area contributed by atoms with Crippen LogP contribution in [0.25, 0.3) is 0 Å². The zero-order valence-electron chi connectivity index (χ0n) is 6.05. The molecule has 0 saturated carbocycles. The van der Waals surface area contributed by atoms with Crippen LogP contribution in [0, 0.1) is 22.7 Å². The third kappa shape index (κ3) is 3.79. The molecule has 0 N–H and O–H groups in total. The zero-order chi connectivity index (χ0) is 8.91. The standard InChI is InChI=1S/C6H8F2N2S/c1-11(7,8)6(5-10)3-2-4-9/h6H,2-3H2,1H3. The van der Waals surface area contributed by atoms with E-state index in [-0.39, 0.29) is 12.8 Å². The fraction of sp³-hybridized carbons (Fsp3) is 0.667. The maximum absolute atomic E-state index is 12.5. The molecule has 0 aromatic carbocycles. The molecule has 2 nitrogen and oxygen atoms in total. The van der Waals surface area contributed by atoms with Crippen molar-refractivity contribution in [2.75, 3.05) is 6.26 Å². The van der Waals surface area contributed by atoms with Gasteiger partial charge >= 0.3 is 0 Å². The molecule has 0 aromatic rings. The van der Waals surface area contributed by atoms with Crippen molar-refractivity contribution in [3.05, 3.63) is 0 Å². The van der Waals surface area contributed by atoms with Crippen molar-refractivity contribution in [1.29, 1.82) is 10.5 Å². The Balaban J connectivity index is 4.02. The van der Waals surface area contributed by atoms with E-state index in [4.69, 9.17) is 10.5 Å². The molecule has 0 aliphatic rings. The third-order valence-electron chi connectivity index (χ3n) is 1.16. The smallest absolute Gasteiger partial charge is 0.130 e. The Bertz CT molecular complexity index is 198. The van der Waals surface area contributed by atoms with Crippen LogP contribution in [0.5, 0.6) is 0 Å². The van der Waals surface area contributed by atoms with Crippen molar-refractivity contribution in [2.24, 2.45) is 0 Å². The summed E-state index contributed by atoms with van der Waals surface area (Å²) < 4.78 is 24.9. The van der Waals surface area contributed by atoms with Crippen LogP contribution in [-0.4, -0.2) is 11.5 Å².